The van der Waals surface area contributed by atoms with Gasteiger partial charge in [0, 0.05) is 31.7 Å². The van der Waals surface area contributed by atoms with Crippen molar-refractivity contribution in [3.63, 3.8) is 0 Å². The second-order valence-electron chi connectivity index (χ2n) is 4.23. The van der Waals surface area contributed by atoms with Gasteiger partial charge in [-0.2, -0.15) is 0 Å². The fourth-order valence-electron chi connectivity index (χ4n) is 1.66. The average Bonchev–Trinajstić information content (AvgIpc) is 2.96. The Hall–Kier alpha value is -1.36. The first-order valence-corrected chi connectivity index (χ1v) is 5.78. The summed E-state index contributed by atoms with van der Waals surface area (Å²) in [4.78, 5) is 15.4. The molecular formula is C11H18N4O. The van der Waals surface area contributed by atoms with Crippen molar-refractivity contribution in [2.75, 3.05) is 0 Å². The lowest BCUT2D eigenvalue weighted by Crippen LogP contribution is -2.25. The molecule has 2 rings (SSSR count). The SMILES string of the molecule is NCc1cncn1CCCC(=O)NC1CC1. The van der Waals surface area contributed by atoms with E-state index in [1.54, 1.807) is 12.5 Å². The summed E-state index contributed by atoms with van der Waals surface area (Å²) in [6.45, 7) is 1.30. The molecular weight excluding hydrogens is 204 g/mol. The minimum Gasteiger partial charge on any atom is -0.353 e. The molecule has 1 aromatic rings. The highest BCUT2D eigenvalue weighted by atomic mass is 16.1. The van der Waals surface area contributed by atoms with Crippen LogP contribution in [0.2, 0.25) is 0 Å². The summed E-state index contributed by atoms with van der Waals surface area (Å²) in [5, 5.41) is 2.97. The summed E-state index contributed by atoms with van der Waals surface area (Å²) in [6.07, 6.45) is 7.24. The Morgan fingerprint density at radius 2 is 2.44 bits per heavy atom. The van der Waals surface area contributed by atoms with Crippen LogP contribution < -0.4 is 11.1 Å². The van der Waals surface area contributed by atoms with Gasteiger partial charge < -0.3 is 15.6 Å². The van der Waals surface area contributed by atoms with Crippen molar-refractivity contribution >= 4 is 5.91 Å². The van der Waals surface area contributed by atoms with E-state index in [0.29, 0.717) is 19.0 Å². The largest absolute Gasteiger partial charge is 0.353 e. The molecule has 0 saturated heterocycles. The van der Waals surface area contributed by atoms with E-state index in [9.17, 15) is 4.79 Å². The van der Waals surface area contributed by atoms with Crippen molar-refractivity contribution in [1.29, 1.82) is 0 Å². The molecule has 1 fully saturated rings. The number of nitrogens with one attached hydrogen (secondary N) is 1. The summed E-state index contributed by atoms with van der Waals surface area (Å²) in [5.74, 6) is 0.164. The van der Waals surface area contributed by atoms with Gasteiger partial charge in [0.05, 0.1) is 12.0 Å². The van der Waals surface area contributed by atoms with Gasteiger partial charge in [0.25, 0.3) is 0 Å². The highest BCUT2D eigenvalue weighted by Crippen LogP contribution is 2.18. The van der Waals surface area contributed by atoms with Crippen LogP contribution in [0.4, 0.5) is 0 Å². The number of imidazole rings is 1. The Labute approximate surface area is 95.0 Å². The molecule has 0 spiro atoms. The Kier molecular flexibility index (Phi) is 3.56. The molecule has 1 aromatic heterocycles. The van der Waals surface area contributed by atoms with Crippen molar-refractivity contribution in [3.8, 4) is 0 Å². The Morgan fingerprint density at radius 3 is 3.12 bits per heavy atom. The van der Waals surface area contributed by atoms with E-state index in [1.807, 2.05) is 4.57 Å². The van der Waals surface area contributed by atoms with Crippen LogP contribution in [0.15, 0.2) is 12.5 Å². The van der Waals surface area contributed by atoms with E-state index in [0.717, 1.165) is 31.5 Å². The lowest BCUT2D eigenvalue weighted by Gasteiger charge is -2.06. The molecule has 1 aliphatic carbocycles. The average molecular weight is 222 g/mol. The molecule has 0 atom stereocenters. The Bertz CT molecular complexity index is 357. The lowest BCUT2D eigenvalue weighted by atomic mass is 10.3. The van der Waals surface area contributed by atoms with Gasteiger partial charge in [0.2, 0.25) is 5.91 Å². The van der Waals surface area contributed by atoms with Crippen molar-refractivity contribution in [2.24, 2.45) is 5.73 Å². The number of amides is 1. The van der Waals surface area contributed by atoms with Gasteiger partial charge in [-0.05, 0) is 19.3 Å². The molecule has 88 valence electrons. The maximum atomic E-state index is 11.4. The predicted octanol–water partition coefficient (Wildman–Crippen LogP) is 0.401. The smallest absolute Gasteiger partial charge is 0.220 e. The van der Waals surface area contributed by atoms with Crippen LogP contribution in [0.3, 0.4) is 0 Å². The maximum Gasteiger partial charge on any atom is 0.220 e. The van der Waals surface area contributed by atoms with E-state index < -0.39 is 0 Å². The number of carbonyl (C=O) groups excluding carboxylic acids is 1. The van der Waals surface area contributed by atoms with E-state index in [-0.39, 0.29) is 5.91 Å². The van der Waals surface area contributed by atoms with Crippen molar-refractivity contribution in [1.82, 2.24) is 14.9 Å². The van der Waals surface area contributed by atoms with Gasteiger partial charge in [0.1, 0.15) is 0 Å². The van der Waals surface area contributed by atoms with Crippen LogP contribution in [0.1, 0.15) is 31.4 Å². The van der Waals surface area contributed by atoms with E-state index in [1.165, 1.54) is 0 Å². The van der Waals surface area contributed by atoms with Crippen LogP contribution in [-0.2, 0) is 17.9 Å². The molecule has 1 saturated carbocycles. The molecule has 1 heterocycles. The third kappa shape index (κ3) is 3.06. The standard InChI is InChI=1S/C11H18N4O/c12-6-10-7-13-8-15(10)5-1-2-11(16)14-9-3-4-9/h7-9H,1-6,12H2,(H,14,16). The van der Waals surface area contributed by atoms with E-state index >= 15 is 0 Å². The molecule has 0 radical (unpaired) electrons. The number of aromatic nitrogens is 2. The molecule has 16 heavy (non-hydrogen) atoms. The van der Waals surface area contributed by atoms with Crippen LogP contribution in [0.5, 0.6) is 0 Å². The quantitative estimate of drug-likeness (QED) is 0.731. The van der Waals surface area contributed by atoms with Gasteiger partial charge in [-0.15, -0.1) is 0 Å². The lowest BCUT2D eigenvalue weighted by molar-refractivity contribution is -0.121. The molecule has 5 heteroatoms. The first-order chi connectivity index (χ1) is 7.79. The van der Waals surface area contributed by atoms with Gasteiger partial charge >= 0.3 is 0 Å². The number of nitrogens with two attached hydrogens (primary N) is 1. The van der Waals surface area contributed by atoms with E-state index in [4.69, 9.17) is 5.73 Å². The Morgan fingerprint density at radius 1 is 1.62 bits per heavy atom. The third-order valence-corrected chi connectivity index (χ3v) is 2.75. The molecule has 0 bridgehead atoms. The Balaban J connectivity index is 1.68. The van der Waals surface area contributed by atoms with Gasteiger partial charge in [0.15, 0.2) is 0 Å². The fourth-order valence-corrected chi connectivity index (χ4v) is 1.66. The number of rotatable bonds is 6. The van der Waals surface area contributed by atoms with Gasteiger partial charge in [-0.3, -0.25) is 4.79 Å². The second kappa shape index (κ2) is 5.12. The normalized spacial score (nSPS) is 15.1. The second-order valence-corrected chi connectivity index (χ2v) is 4.23. The molecule has 0 aromatic carbocycles. The zero-order chi connectivity index (χ0) is 11.4. The number of nitrogens with zero attached hydrogens (tertiary/aromatic N) is 2. The highest BCUT2D eigenvalue weighted by molar-refractivity contribution is 5.76. The fraction of sp³-hybridized carbons (Fsp3) is 0.636. The first-order valence-electron chi connectivity index (χ1n) is 5.78. The minimum absolute atomic E-state index is 0.164. The number of hydrogen-bond donors (Lipinski definition) is 2. The maximum absolute atomic E-state index is 11.4. The predicted molar refractivity (Wildman–Crippen MR) is 60.5 cm³/mol. The summed E-state index contributed by atoms with van der Waals surface area (Å²) >= 11 is 0. The summed E-state index contributed by atoms with van der Waals surface area (Å²) < 4.78 is 2.00. The van der Waals surface area contributed by atoms with E-state index in [2.05, 4.69) is 10.3 Å². The number of carbonyl (C=O) groups is 1. The van der Waals surface area contributed by atoms with Crippen LogP contribution in [-0.4, -0.2) is 21.5 Å². The summed E-state index contributed by atoms with van der Waals surface area (Å²) in [6, 6.07) is 0.459. The number of aryl methyl sites for hydroxylation is 1. The topological polar surface area (TPSA) is 72.9 Å². The van der Waals surface area contributed by atoms with Crippen LogP contribution >= 0.6 is 0 Å². The number of hydrogen-bond acceptors (Lipinski definition) is 3. The molecule has 0 aliphatic heterocycles. The molecule has 1 amide bonds. The van der Waals surface area contributed by atoms with Crippen molar-refractivity contribution < 1.29 is 4.79 Å². The zero-order valence-corrected chi connectivity index (χ0v) is 9.35. The van der Waals surface area contributed by atoms with Crippen molar-refractivity contribution in [2.45, 2.75) is 44.8 Å². The molecule has 5 nitrogen and oxygen atoms in total. The third-order valence-electron chi connectivity index (χ3n) is 2.75. The highest BCUT2D eigenvalue weighted by Gasteiger charge is 2.22. The molecule has 1 aliphatic rings. The van der Waals surface area contributed by atoms with Crippen molar-refractivity contribution in [3.05, 3.63) is 18.2 Å². The van der Waals surface area contributed by atoms with Crippen LogP contribution in [0, 0.1) is 0 Å². The zero-order valence-electron chi connectivity index (χ0n) is 9.35. The molecule has 3 N–H and O–H groups in total. The summed E-state index contributed by atoms with van der Waals surface area (Å²) in [5.41, 5.74) is 6.58. The minimum atomic E-state index is 0.164. The van der Waals surface area contributed by atoms with Crippen LogP contribution in [0.25, 0.3) is 0 Å². The molecule has 0 unspecified atom stereocenters. The van der Waals surface area contributed by atoms with Gasteiger partial charge in [-0.1, -0.05) is 0 Å². The summed E-state index contributed by atoms with van der Waals surface area (Å²) in [7, 11) is 0. The monoisotopic (exact) mass is 222 g/mol. The van der Waals surface area contributed by atoms with Gasteiger partial charge in [-0.25, -0.2) is 4.98 Å². The first kappa shape index (κ1) is 11.1.